The van der Waals surface area contributed by atoms with Gasteiger partial charge in [-0.3, -0.25) is 4.79 Å². The molecule has 18 heavy (non-hydrogen) atoms. The van der Waals surface area contributed by atoms with Gasteiger partial charge in [-0.05, 0) is 59.6 Å². The second-order valence-electron chi connectivity index (χ2n) is 4.05. The Morgan fingerprint density at radius 1 is 1.33 bits per heavy atom. The number of hydrogen-bond acceptors (Lipinski definition) is 3. The Hall–Kier alpha value is -1.75. The van der Waals surface area contributed by atoms with E-state index in [1.54, 1.807) is 25.1 Å². The fourth-order valence-electron chi connectivity index (χ4n) is 1.53. The molecule has 1 aromatic carbocycles. The number of amides is 1. The number of carbonyl (C=O) groups is 1. The number of halogens is 1. The molecule has 94 valence electrons. The summed E-state index contributed by atoms with van der Waals surface area (Å²) in [4.78, 5) is 11.9. The molecule has 0 aliphatic carbocycles. The summed E-state index contributed by atoms with van der Waals surface area (Å²) in [7, 11) is 0. The average molecular weight is 309 g/mol. The smallest absolute Gasteiger partial charge is 0.291 e. The molecule has 0 bridgehead atoms. The molecule has 0 radical (unpaired) electrons. The summed E-state index contributed by atoms with van der Waals surface area (Å²) in [6.07, 6.45) is 0. The summed E-state index contributed by atoms with van der Waals surface area (Å²) >= 11 is 3.39. The van der Waals surface area contributed by atoms with Crippen molar-refractivity contribution in [2.45, 2.75) is 13.8 Å². The summed E-state index contributed by atoms with van der Waals surface area (Å²) in [5, 5.41) is 2.75. The number of nitrogens with one attached hydrogen (secondary N) is 1. The minimum atomic E-state index is -0.299. The van der Waals surface area contributed by atoms with E-state index in [1.165, 1.54) is 0 Å². The van der Waals surface area contributed by atoms with Crippen LogP contribution in [0.5, 0.6) is 0 Å². The molecular weight excluding hydrogens is 296 g/mol. The van der Waals surface area contributed by atoms with Crippen LogP contribution in [0, 0.1) is 13.8 Å². The quantitative estimate of drug-likeness (QED) is 0.834. The monoisotopic (exact) mass is 308 g/mol. The fraction of sp³-hybridized carbons (Fsp3) is 0.154. The molecule has 0 aliphatic heterocycles. The highest BCUT2D eigenvalue weighted by molar-refractivity contribution is 9.10. The number of furan rings is 1. The van der Waals surface area contributed by atoms with E-state index < -0.39 is 0 Å². The van der Waals surface area contributed by atoms with Crippen LogP contribution in [-0.4, -0.2) is 5.91 Å². The first kappa shape index (κ1) is 12.7. The normalized spacial score (nSPS) is 10.4. The first-order valence-corrected chi connectivity index (χ1v) is 6.20. The van der Waals surface area contributed by atoms with Crippen LogP contribution in [0.2, 0.25) is 0 Å². The maximum Gasteiger partial charge on any atom is 0.291 e. The van der Waals surface area contributed by atoms with Gasteiger partial charge in [-0.15, -0.1) is 0 Å². The van der Waals surface area contributed by atoms with Crippen molar-refractivity contribution in [3.05, 3.63) is 45.8 Å². The molecule has 2 aromatic rings. The molecule has 3 N–H and O–H groups in total. The van der Waals surface area contributed by atoms with Gasteiger partial charge in [0, 0.05) is 10.2 Å². The van der Waals surface area contributed by atoms with Gasteiger partial charge in [-0.2, -0.15) is 0 Å². The van der Waals surface area contributed by atoms with Gasteiger partial charge in [0.1, 0.15) is 5.76 Å². The third-order valence-corrected chi connectivity index (χ3v) is 3.22. The zero-order valence-corrected chi connectivity index (χ0v) is 11.7. The van der Waals surface area contributed by atoms with E-state index >= 15 is 0 Å². The fourth-order valence-corrected chi connectivity index (χ4v) is 2.08. The Bertz CT molecular complexity index is 605. The van der Waals surface area contributed by atoms with Crippen molar-refractivity contribution in [3.8, 4) is 0 Å². The van der Waals surface area contributed by atoms with E-state index in [4.69, 9.17) is 10.2 Å². The molecule has 0 spiro atoms. The number of rotatable bonds is 2. The Morgan fingerprint density at radius 3 is 2.67 bits per heavy atom. The van der Waals surface area contributed by atoms with Crippen LogP contribution in [0.15, 0.2) is 33.2 Å². The minimum Gasteiger partial charge on any atom is -0.456 e. The van der Waals surface area contributed by atoms with Crippen LogP contribution in [0.3, 0.4) is 0 Å². The molecule has 0 atom stereocenters. The predicted octanol–water partition coefficient (Wildman–Crippen LogP) is 3.49. The van der Waals surface area contributed by atoms with Crippen LogP contribution in [0.25, 0.3) is 0 Å². The topological polar surface area (TPSA) is 68.3 Å². The molecule has 5 heteroatoms. The van der Waals surface area contributed by atoms with Gasteiger partial charge in [0.25, 0.3) is 5.91 Å². The van der Waals surface area contributed by atoms with Crippen molar-refractivity contribution < 1.29 is 9.21 Å². The largest absolute Gasteiger partial charge is 0.456 e. The van der Waals surface area contributed by atoms with E-state index in [1.807, 2.05) is 13.0 Å². The lowest BCUT2D eigenvalue weighted by molar-refractivity contribution is 0.0995. The van der Waals surface area contributed by atoms with Crippen molar-refractivity contribution in [2.75, 3.05) is 11.1 Å². The van der Waals surface area contributed by atoms with Crippen LogP contribution in [-0.2, 0) is 0 Å². The molecule has 0 unspecified atom stereocenters. The predicted molar refractivity (Wildman–Crippen MR) is 74.7 cm³/mol. The van der Waals surface area contributed by atoms with Crippen LogP contribution in [0.4, 0.5) is 11.4 Å². The van der Waals surface area contributed by atoms with Crippen molar-refractivity contribution in [1.82, 2.24) is 0 Å². The minimum absolute atomic E-state index is 0.276. The van der Waals surface area contributed by atoms with Crippen molar-refractivity contribution in [1.29, 1.82) is 0 Å². The Kier molecular flexibility index (Phi) is 3.43. The van der Waals surface area contributed by atoms with Gasteiger partial charge in [0.15, 0.2) is 5.76 Å². The molecule has 0 aliphatic rings. The summed E-state index contributed by atoms with van der Waals surface area (Å²) in [5.74, 6) is 0.674. The number of nitrogen functional groups attached to an aromatic ring is 1. The van der Waals surface area contributed by atoms with Crippen LogP contribution < -0.4 is 11.1 Å². The standard InChI is InChI=1S/C13H13BrN2O2/c1-7-5-9(14)11(6-10(7)15)16-13(17)12-4-3-8(2)18-12/h3-6H,15H2,1-2H3,(H,16,17). The van der Waals surface area contributed by atoms with Crippen molar-refractivity contribution in [2.24, 2.45) is 0 Å². The highest BCUT2D eigenvalue weighted by Gasteiger charge is 2.12. The third kappa shape index (κ3) is 2.56. The molecule has 0 fully saturated rings. The summed E-state index contributed by atoms with van der Waals surface area (Å²) in [6.45, 7) is 3.69. The van der Waals surface area contributed by atoms with Crippen molar-refractivity contribution >= 4 is 33.2 Å². The summed E-state index contributed by atoms with van der Waals surface area (Å²) in [5.41, 5.74) is 8.02. The van der Waals surface area contributed by atoms with Gasteiger partial charge in [-0.25, -0.2) is 0 Å². The lowest BCUT2D eigenvalue weighted by Crippen LogP contribution is -2.11. The number of benzene rings is 1. The second kappa shape index (κ2) is 4.86. The molecule has 0 saturated carbocycles. The number of anilines is 2. The molecule has 1 aromatic heterocycles. The molecule has 1 amide bonds. The van der Waals surface area contributed by atoms with Gasteiger partial charge in [-0.1, -0.05) is 0 Å². The highest BCUT2D eigenvalue weighted by atomic mass is 79.9. The van der Waals surface area contributed by atoms with Gasteiger partial charge < -0.3 is 15.5 Å². The van der Waals surface area contributed by atoms with Gasteiger partial charge >= 0.3 is 0 Å². The van der Waals surface area contributed by atoms with E-state index in [0.29, 0.717) is 17.1 Å². The Labute approximate surface area is 113 Å². The molecular formula is C13H13BrN2O2. The molecule has 0 saturated heterocycles. The van der Waals surface area contributed by atoms with Gasteiger partial charge in [0.2, 0.25) is 0 Å². The Balaban J connectivity index is 2.24. The van der Waals surface area contributed by atoms with E-state index in [0.717, 1.165) is 10.0 Å². The maximum atomic E-state index is 11.9. The zero-order chi connectivity index (χ0) is 13.3. The van der Waals surface area contributed by atoms with Gasteiger partial charge in [0.05, 0.1) is 5.69 Å². The number of hydrogen-bond donors (Lipinski definition) is 2. The van der Waals surface area contributed by atoms with E-state index in [-0.39, 0.29) is 11.7 Å². The van der Waals surface area contributed by atoms with E-state index in [9.17, 15) is 4.79 Å². The van der Waals surface area contributed by atoms with Crippen LogP contribution in [0.1, 0.15) is 21.9 Å². The molecule has 2 rings (SSSR count). The zero-order valence-electron chi connectivity index (χ0n) is 10.1. The number of nitrogens with two attached hydrogens (primary N) is 1. The Morgan fingerprint density at radius 2 is 2.06 bits per heavy atom. The lowest BCUT2D eigenvalue weighted by atomic mass is 10.2. The molecule has 4 nitrogen and oxygen atoms in total. The third-order valence-electron chi connectivity index (χ3n) is 2.57. The lowest BCUT2D eigenvalue weighted by Gasteiger charge is -2.09. The average Bonchev–Trinajstić information content (AvgIpc) is 2.73. The highest BCUT2D eigenvalue weighted by Crippen LogP contribution is 2.28. The first-order chi connectivity index (χ1) is 8.47. The maximum absolute atomic E-state index is 11.9. The second-order valence-corrected chi connectivity index (χ2v) is 4.91. The molecule has 1 heterocycles. The summed E-state index contributed by atoms with van der Waals surface area (Å²) in [6, 6.07) is 6.95. The van der Waals surface area contributed by atoms with Crippen molar-refractivity contribution in [3.63, 3.8) is 0 Å². The first-order valence-electron chi connectivity index (χ1n) is 5.41. The van der Waals surface area contributed by atoms with E-state index in [2.05, 4.69) is 21.2 Å². The SMILES string of the molecule is Cc1ccc(C(=O)Nc2cc(N)c(C)cc2Br)o1. The van der Waals surface area contributed by atoms with Crippen LogP contribution >= 0.6 is 15.9 Å². The number of carbonyl (C=O) groups excluding carboxylic acids is 1. The summed E-state index contributed by atoms with van der Waals surface area (Å²) < 4.78 is 6.04. The number of aryl methyl sites for hydroxylation is 2.